The SMILES string of the molecule is CCn1cc(C(O)C(C)c2ccccc2)cn1. The standard InChI is InChI=1S/C14H18N2O/c1-3-16-10-13(9-15-16)14(17)11(2)12-7-5-4-6-8-12/h4-11,14,17H,3H2,1-2H3. The average molecular weight is 230 g/mol. The normalized spacial score (nSPS) is 14.5. The zero-order chi connectivity index (χ0) is 12.3. The van der Waals surface area contributed by atoms with Crippen molar-refractivity contribution in [3.8, 4) is 0 Å². The van der Waals surface area contributed by atoms with E-state index in [1.807, 2.05) is 55.1 Å². The van der Waals surface area contributed by atoms with Crippen molar-refractivity contribution in [2.75, 3.05) is 0 Å². The van der Waals surface area contributed by atoms with E-state index in [4.69, 9.17) is 0 Å². The van der Waals surface area contributed by atoms with E-state index in [1.54, 1.807) is 6.20 Å². The van der Waals surface area contributed by atoms with Crippen molar-refractivity contribution in [2.45, 2.75) is 32.4 Å². The number of aliphatic hydroxyl groups is 1. The van der Waals surface area contributed by atoms with E-state index in [0.29, 0.717) is 0 Å². The second-order valence-corrected chi connectivity index (χ2v) is 4.27. The number of hydrogen-bond acceptors (Lipinski definition) is 2. The Balaban J connectivity index is 2.17. The predicted octanol–water partition coefficient (Wildman–Crippen LogP) is 2.74. The van der Waals surface area contributed by atoms with Gasteiger partial charge in [-0.25, -0.2) is 0 Å². The summed E-state index contributed by atoms with van der Waals surface area (Å²) in [5, 5.41) is 14.5. The highest BCUT2D eigenvalue weighted by Gasteiger charge is 2.19. The molecule has 1 heterocycles. The molecule has 0 aliphatic rings. The van der Waals surface area contributed by atoms with Crippen molar-refractivity contribution in [1.29, 1.82) is 0 Å². The van der Waals surface area contributed by atoms with Crippen LogP contribution in [-0.2, 0) is 6.54 Å². The second kappa shape index (κ2) is 5.15. The monoisotopic (exact) mass is 230 g/mol. The summed E-state index contributed by atoms with van der Waals surface area (Å²) in [4.78, 5) is 0. The van der Waals surface area contributed by atoms with Gasteiger partial charge in [0.15, 0.2) is 0 Å². The molecule has 0 bridgehead atoms. The maximum atomic E-state index is 10.3. The molecule has 0 spiro atoms. The summed E-state index contributed by atoms with van der Waals surface area (Å²) in [6.07, 6.45) is 3.15. The first-order chi connectivity index (χ1) is 8.22. The lowest BCUT2D eigenvalue weighted by Gasteiger charge is -2.17. The van der Waals surface area contributed by atoms with Crippen LogP contribution >= 0.6 is 0 Å². The summed E-state index contributed by atoms with van der Waals surface area (Å²) in [6.45, 7) is 4.89. The molecule has 1 aromatic heterocycles. The molecular weight excluding hydrogens is 212 g/mol. The third-order valence-corrected chi connectivity index (χ3v) is 3.12. The number of aryl methyl sites for hydroxylation is 1. The van der Waals surface area contributed by atoms with Gasteiger partial charge < -0.3 is 5.11 Å². The van der Waals surface area contributed by atoms with Gasteiger partial charge in [-0.05, 0) is 12.5 Å². The molecule has 90 valence electrons. The van der Waals surface area contributed by atoms with E-state index in [0.717, 1.165) is 17.7 Å². The molecule has 2 aromatic rings. The number of rotatable bonds is 4. The van der Waals surface area contributed by atoms with Crippen molar-refractivity contribution in [2.24, 2.45) is 0 Å². The molecule has 0 aliphatic heterocycles. The van der Waals surface area contributed by atoms with Gasteiger partial charge in [0.05, 0.1) is 12.3 Å². The molecule has 3 nitrogen and oxygen atoms in total. The molecule has 0 amide bonds. The Morgan fingerprint density at radius 3 is 2.53 bits per heavy atom. The van der Waals surface area contributed by atoms with Crippen LogP contribution in [0.2, 0.25) is 0 Å². The molecule has 2 unspecified atom stereocenters. The van der Waals surface area contributed by atoms with Gasteiger partial charge in [-0.2, -0.15) is 5.10 Å². The number of aliphatic hydroxyl groups excluding tert-OH is 1. The maximum absolute atomic E-state index is 10.3. The van der Waals surface area contributed by atoms with Gasteiger partial charge >= 0.3 is 0 Å². The molecule has 1 N–H and O–H groups in total. The van der Waals surface area contributed by atoms with Crippen molar-refractivity contribution >= 4 is 0 Å². The van der Waals surface area contributed by atoms with Gasteiger partial charge in [0.25, 0.3) is 0 Å². The van der Waals surface area contributed by atoms with Gasteiger partial charge in [0.2, 0.25) is 0 Å². The first-order valence-corrected chi connectivity index (χ1v) is 5.97. The quantitative estimate of drug-likeness (QED) is 0.877. The number of hydrogen-bond donors (Lipinski definition) is 1. The molecule has 0 fully saturated rings. The Morgan fingerprint density at radius 1 is 1.24 bits per heavy atom. The molecule has 17 heavy (non-hydrogen) atoms. The summed E-state index contributed by atoms with van der Waals surface area (Å²) in [7, 11) is 0. The Bertz CT molecular complexity index is 464. The molecule has 0 aliphatic carbocycles. The minimum Gasteiger partial charge on any atom is -0.388 e. The molecule has 0 saturated heterocycles. The fourth-order valence-corrected chi connectivity index (χ4v) is 1.93. The fourth-order valence-electron chi connectivity index (χ4n) is 1.93. The zero-order valence-corrected chi connectivity index (χ0v) is 10.2. The Labute approximate surface area is 102 Å². The van der Waals surface area contributed by atoms with Crippen molar-refractivity contribution in [3.05, 3.63) is 53.9 Å². The highest BCUT2D eigenvalue weighted by Crippen LogP contribution is 2.29. The molecular formula is C14H18N2O. The maximum Gasteiger partial charge on any atom is 0.0886 e. The van der Waals surface area contributed by atoms with Gasteiger partial charge in [-0.3, -0.25) is 4.68 Å². The average Bonchev–Trinajstić information content (AvgIpc) is 2.87. The third kappa shape index (κ3) is 2.56. The molecule has 2 atom stereocenters. The summed E-state index contributed by atoms with van der Waals surface area (Å²) < 4.78 is 1.83. The van der Waals surface area contributed by atoms with E-state index in [2.05, 4.69) is 5.10 Å². The lowest BCUT2D eigenvalue weighted by atomic mass is 9.92. The van der Waals surface area contributed by atoms with Crippen LogP contribution in [0.4, 0.5) is 0 Å². The van der Waals surface area contributed by atoms with Crippen molar-refractivity contribution in [3.63, 3.8) is 0 Å². The van der Waals surface area contributed by atoms with E-state index in [1.165, 1.54) is 0 Å². The van der Waals surface area contributed by atoms with Crippen LogP contribution in [0, 0.1) is 0 Å². The minimum atomic E-state index is -0.502. The minimum absolute atomic E-state index is 0.0747. The second-order valence-electron chi connectivity index (χ2n) is 4.27. The van der Waals surface area contributed by atoms with Crippen LogP contribution in [-0.4, -0.2) is 14.9 Å². The number of benzene rings is 1. The van der Waals surface area contributed by atoms with Crippen LogP contribution in [0.3, 0.4) is 0 Å². The Morgan fingerprint density at radius 2 is 1.94 bits per heavy atom. The fraction of sp³-hybridized carbons (Fsp3) is 0.357. The number of aromatic nitrogens is 2. The summed E-state index contributed by atoms with van der Waals surface area (Å²) in [6, 6.07) is 10.1. The number of nitrogens with zero attached hydrogens (tertiary/aromatic N) is 2. The van der Waals surface area contributed by atoms with Crippen molar-refractivity contribution < 1.29 is 5.11 Å². The molecule has 3 heteroatoms. The van der Waals surface area contributed by atoms with E-state index < -0.39 is 6.10 Å². The Kier molecular flexibility index (Phi) is 3.59. The summed E-state index contributed by atoms with van der Waals surface area (Å²) in [5.74, 6) is 0.0747. The van der Waals surface area contributed by atoms with E-state index >= 15 is 0 Å². The van der Waals surface area contributed by atoms with Crippen LogP contribution in [0.1, 0.15) is 37.0 Å². The van der Waals surface area contributed by atoms with Crippen LogP contribution < -0.4 is 0 Å². The largest absolute Gasteiger partial charge is 0.388 e. The summed E-state index contributed by atoms with van der Waals surface area (Å²) in [5.41, 5.74) is 2.02. The molecule has 2 rings (SSSR count). The van der Waals surface area contributed by atoms with Gasteiger partial charge in [-0.1, -0.05) is 37.3 Å². The topological polar surface area (TPSA) is 38.0 Å². The molecule has 0 radical (unpaired) electrons. The van der Waals surface area contributed by atoms with Gasteiger partial charge in [-0.15, -0.1) is 0 Å². The van der Waals surface area contributed by atoms with Crippen LogP contribution in [0.25, 0.3) is 0 Å². The van der Waals surface area contributed by atoms with E-state index in [-0.39, 0.29) is 5.92 Å². The van der Waals surface area contributed by atoms with Crippen molar-refractivity contribution in [1.82, 2.24) is 9.78 Å². The highest BCUT2D eigenvalue weighted by molar-refractivity contribution is 5.23. The lowest BCUT2D eigenvalue weighted by molar-refractivity contribution is 0.151. The van der Waals surface area contributed by atoms with Gasteiger partial charge in [0, 0.05) is 24.2 Å². The Hall–Kier alpha value is -1.61. The van der Waals surface area contributed by atoms with E-state index in [9.17, 15) is 5.11 Å². The molecule has 0 saturated carbocycles. The van der Waals surface area contributed by atoms with Gasteiger partial charge in [0.1, 0.15) is 0 Å². The van der Waals surface area contributed by atoms with Crippen LogP contribution in [0.5, 0.6) is 0 Å². The predicted molar refractivity (Wildman–Crippen MR) is 67.7 cm³/mol. The first-order valence-electron chi connectivity index (χ1n) is 5.97. The highest BCUT2D eigenvalue weighted by atomic mass is 16.3. The van der Waals surface area contributed by atoms with Crippen LogP contribution in [0.15, 0.2) is 42.7 Å². The smallest absolute Gasteiger partial charge is 0.0886 e. The zero-order valence-electron chi connectivity index (χ0n) is 10.2. The molecule has 1 aromatic carbocycles. The summed E-state index contributed by atoms with van der Waals surface area (Å²) >= 11 is 0. The third-order valence-electron chi connectivity index (χ3n) is 3.12. The lowest BCUT2D eigenvalue weighted by Crippen LogP contribution is -2.06. The first kappa shape index (κ1) is 11.9.